The third kappa shape index (κ3) is 4.05. The molecule has 6 nitrogen and oxygen atoms in total. The molecule has 24 heavy (non-hydrogen) atoms. The van der Waals surface area contributed by atoms with E-state index in [1.807, 2.05) is 6.07 Å². The summed E-state index contributed by atoms with van der Waals surface area (Å²) >= 11 is 0. The second-order valence-corrected chi connectivity index (χ2v) is 6.66. The van der Waals surface area contributed by atoms with Gasteiger partial charge in [-0.25, -0.2) is 0 Å². The van der Waals surface area contributed by atoms with Gasteiger partial charge in [-0.3, -0.25) is 20.4 Å². The van der Waals surface area contributed by atoms with Crippen molar-refractivity contribution in [2.75, 3.05) is 6.61 Å². The quantitative estimate of drug-likeness (QED) is 0.808. The molecule has 2 N–H and O–H groups in total. The van der Waals surface area contributed by atoms with E-state index in [4.69, 9.17) is 10.00 Å². The molecule has 2 amide bonds. The van der Waals surface area contributed by atoms with E-state index in [1.165, 1.54) is 19.3 Å². The molecule has 0 radical (unpaired) electrons. The number of carbonyl (C=O) groups is 2. The molecule has 0 unspecified atom stereocenters. The van der Waals surface area contributed by atoms with Crippen LogP contribution in [0.25, 0.3) is 0 Å². The first-order valence-electron chi connectivity index (χ1n) is 8.34. The minimum Gasteiger partial charge on any atom is -0.484 e. The monoisotopic (exact) mass is 327 g/mol. The Morgan fingerprint density at radius 1 is 1.12 bits per heavy atom. The van der Waals surface area contributed by atoms with Gasteiger partial charge < -0.3 is 4.74 Å². The average Bonchev–Trinajstić information content (AvgIpc) is 3.21. The lowest BCUT2D eigenvalue weighted by molar-refractivity contribution is -0.130. The van der Waals surface area contributed by atoms with Gasteiger partial charge in [0.2, 0.25) is 5.91 Å². The molecule has 2 fully saturated rings. The van der Waals surface area contributed by atoms with Gasteiger partial charge in [0.05, 0.1) is 11.6 Å². The maximum absolute atomic E-state index is 11.9. The van der Waals surface area contributed by atoms with Gasteiger partial charge in [0.15, 0.2) is 6.61 Å². The van der Waals surface area contributed by atoms with Crippen molar-refractivity contribution >= 4 is 11.8 Å². The summed E-state index contributed by atoms with van der Waals surface area (Å²) in [6.07, 6.45) is 5.45. The predicted octanol–water partition coefficient (Wildman–Crippen LogP) is 1.91. The van der Waals surface area contributed by atoms with E-state index in [2.05, 4.69) is 10.9 Å². The van der Waals surface area contributed by atoms with Gasteiger partial charge in [-0.05, 0) is 61.3 Å². The van der Waals surface area contributed by atoms with Gasteiger partial charge in [-0.15, -0.1) is 0 Å². The highest BCUT2D eigenvalue weighted by Crippen LogP contribution is 2.49. The Morgan fingerprint density at radius 3 is 2.50 bits per heavy atom. The fourth-order valence-corrected chi connectivity index (χ4v) is 3.87. The zero-order valence-corrected chi connectivity index (χ0v) is 13.5. The number of rotatable bonds is 5. The number of nitrogens with one attached hydrogen (secondary N) is 2. The number of amides is 2. The van der Waals surface area contributed by atoms with Crippen molar-refractivity contribution in [3.8, 4) is 11.8 Å². The van der Waals surface area contributed by atoms with Crippen LogP contribution in [0.5, 0.6) is 5.75 Å². The molecule has 0 heterocycles. The summed E-state index contributed by atoms with van der Waals surface area (Å²) < 4.78 is 5.30. The van der Waals surface area contributed by atoms with Crippen molar-refractivity contribution in [1.29, 1.82) is 5.26 Å². The first kappa shape index (κ1) is 16.3. The van der Waals surface area contributed by atoms with E-state index < -0.39 is 5.91 Å². The Labute approximate surface area is 141 Å². The van der Waals surface area contributed by atoms with Crippen LogP contribution in [0.4, 0.5) is 0 Å². The minimum atomic E-state index is -0.416. The zero-order chi connectivity index (χ0) is 16.9. The van der Waals surface area contributed by atoms with Crippen molar-refractivity contribution in [3.63, 3.8) is 0 Å². The number of nitrogens with zero attached hydrogens (tertiary/aromatic N) is 1. The van der Waals surface area contributed by atoms with E-state index in [1.54, 1.807) is 24.3 Å². The predicted molar refractivity (Wildman–Crippen MR) is 86.5 cm³/mol. The molecule has 0 spiro atoms. The minimum absolute atomic E-state index is 0.140. The molecule has 2 aliphatic rings. The first-order chi connectivity index (χ1) is 11.6. The topological polar surface area (TPSA) is 91.2 Å². The summed E-state index contributed by atoms with van der Waals surface area (Å²) in [5.41, 5.74) is 5.37. The maximum atomic E-state index is 11.9. The highest BCUT2D eigenvalue weighted by Gasteiger charge is 2.40. The summed E-state index contributed by atoms with van der Waals surface area (Å²) in [5.74, 6) is 1.91. The Kier molecular flexibility index (Phi) is 4.99. The van der Waals surface area contributed by atoms with Gasteiger partial charge in [-0.2, -0.15) is 5.26 Å². The largest absolute Gasteiger partial charge is 0.484 e. The summed E-state index contributed by atoms with van der Waals surface area (Å²) in [6, 6.07) is 8.49. The fourth-order valence-electron chi connectivity index (χ4n) is 3.87. The lowest BCUT2D eigenvalue weighted by atomic mass is 9.86. The lowest BCUT2D eigenvalue weighted by Gasteiger charge is -2.20. The van der Waals surface area contributed by atoms with E-state index in [9.17, 15) is 9.59 Å². The van der Waals surface area contributed by atoms with Gasteiger partial charge in [0.1, 0.15) is 5.75 Å². The van der Waals surface area contributed by atoms with E-state index in [-0.39, 0.29) is 12.5 Å². The number of benzene rings is 1. The third-order valence-corrected chi connectivity index (χ3v) is 5.03. The van der Waals surface area contributed by atoms with Crippen LogP contribution in [0.1, 0.15) is 37.7 Å². The third-order valence-electron chi connectivity index (χ3n) is 5.03. The molecule has 6 heteroatoms. The zero-order valence-electron chi connectivity index (χ0n) is 13.5. The number of hydrogen-bond donors (Lipinski definition) is 2. The summed E-state index contributed by atoms with van der Waals surface area (Å²) in [4.78, 5) is 23.6. The molecule has 1 aromatic rings. The standard InChI is InChI=1S/C18H21N3O3/c19-10-12-2-5-16(6-3-12)24-11-18(23)21-20-17(22)9-15-8-13-1-4-14(15)7-13/h2-3,5-6,13-15H,1,4,7-9,11H2,(H,20,22)(H,21,23)/t13-,14-,15-/m1/s1. The number of fused-ring (bicyclic) bond motifs is 2. The smallest absolute Gasteiger partial charge is 0.276 e. The van der Waals surface area contributed by atoms with Crippen LogP contribution < -0.4 is 15.6 Å². The van der Waals surface area contributed by atoms with E-state index >= 15 is 0 Å². The van der Waals surface area contributed by atoms with Crippen LogP contribution in [0.15, 0.2) is 24.3 Å². The second kappa shape index (κ2) is 7.35. The number of nitriles is 1. The van der Waals surface area contributed by atoms with Gasteiger partial charge in [0, 0.05) is 6.42 Å². The highest BCUT2D eigenvalue weighted by atomic mass is 16.5. The van der Waals surface area contributed by atoms with Crippen LogP contribution in [0.3, 0.4) is 0 Å². The van der Waals surface area contributed by atoms with Crippen LogP contribution >= 0.6 is 0 Å². The van der Waals surface area contributed by atoms with E-state index in [0.717, 1.165) is 12.3 Å². The molecule has 0 aromatic heterocycles. The number of hydrogen-bond acceptors (Lipinski definition) is 4. The fraction of sp³-hybridized carbons (Fsp3) is 0.500. The van der Waals surface area contributed by atoms with Crippen molar-refractivity contribution in [2.45, 2.75) is 32.1 Å². The van der Waals surface area contributed by atoms with Crippen molar-refractivity contribution < 1.29 is 14.3 Å². The molecule has 2 aliphatic carbocycles. The highest BCUT2D eigenvalue weighted by molar-refractivity contribution is 5.82. The van der Waals surface area contributed by atoms with Gasteiger partial charge >= 0.3 is 0 Å². The van der Waals surface area contributed by atoms with Crippen molar-refractivity contribution in [2.24, 2.45) is 17.8 Å². The molecule has 3 atom stereocenters. The Balaban J connectivity index is 1.34. The molecule has 126 valence electrons. The first-order valence-corrected chi connectivity index (χ1v) is 8.34. The van der Waals surface area contributed by atoms with Crippen molar-refractivity contribution in [1.82, 2.24) is 10.9 Å². The number of carbonyl (C=O) groups excluding carboxylic acids is 2. The summed E-state index contributed by atoms with van der Waals surface area (Å²) in [7, 11) is 0. The molecule has 3 rings (SSSR count). The molecular weight excluding hydrogens is 306 g/mol. The Morgan fingerprint density at radius 2 is 1.88 bits per heavy atom. The average molecular weight is 327 g/mol. The van der Waals surface area contributed by atoms with Crippen LogP contribution in [-0.4, -0.2) is 18.4 Å². The molecule has 0 aliphatic heterocycles. The summed E-state index contributed by atoms with van der Waals surface area (Å²) in [6.45, 7) is -0.194. The lowest BCUT2D eigenvalue weighted by Crippen LogP contribution is -2.44. The van der Waals surface area contributed by atoms with Crippen molar-refractivity contribution in [3.05, 3.63) is 29.8 Å². The van der Waals surface area contributed by atoms with Crippen LogP contribution in [0, 0.1) is 29.1 Å². The normalized spacial score (nSPS) is 24.2. The van der Waals surface area contributed by atoms with Crippen LogP contribution in [0.2, 0.25) is 0 Å². The SMILES string of the molecule is N#Cc1ccc(OCC(=O)NNC(=O)C[C@H]2C[C@@H]3CC[C@@H]2C3)cc1. The molecule has 0 saturated heterocycles. The summed E-state index contributed by atoms with van der Waals surface area (Å²) in [5, 5.41) is 8.71. The number of ether oxygens (including phenoxy) is 1. The molecule has 2 bridgehead atoms. The van der Waals surface area contributed by atoms with E-state index in [0.29, 0.717) is 29.6 Å². The maximum Gasteiger partial charge on any atom is 0.276 e. The Hall–Kier alpha value is -2.55. The number of hydrazine groups is 1. The Bertz CT molecular complexity index is 650. The molecule has 2 saturated carbocycles. The second-order valence-electron chi connectivity index (χ2n) is 6.66. The van der Waals surface area contributed by atoms with Crippen LogP contribution in [-0.2, 0) is 9.59 Å². The van der Waals surface area contributed by atoms with Gasteiger partial charge in [0.25, 0.3) is 5.91 Å². The molecular formula is C18H21N3O3. The molecule has 1 aromatic carbocycles. The van der Waals surface area contributed by atoms with Gasteiger partial charge in [-0.1, -0.05) is 6.42 Å².